The van der Waals surface area contributed by atoms with Crippen molar-refractivity contribution >= 4 is 30.4 Å². The molecule has 1 aromatic heterocycles. The number of anilines is 1. The molecule has 192 valence electrons. The summed E-state index contributed by atoms with van der Waals surface area (Å²) in [6, 6.07) is 11.5. The number of aryl methyl sites for hydroxylation is 1. The fourth-order valence-corrected chi connectivity index (χ4v) is 3.74. The number of carbonyl (C=O) groups is 1. The number of amidine groups is 1. The smallest absolute Gasteiger partial charge is 0.151 e. The van der Waals surface area contributed by atoms with Crippen LogP contribution in [0.2, 0.25) is 0 Å². The number of aromatic nitrogens is 1. The molecule has 1 aliphatic rings. The third-order valence-corrected chi connectivity index (χ3v) is 5.78. The van der Waals surface area contributed by atoms with Gasteiger partial charge in [0, 0.05) is 43.8 Å². The van der Waals surface area contributed by atoms with Crippen molar-refractivity contribution in [3.8, 4) is 0 Å². The molecule has 0 radical (unpaired) electrons. The number of nitrogens with zero attached hydrogens (tertiary/aromatic N) is 5. The zero-order valence-corrected chi connectivity index (χ0v) is 22.2. The first-order valence-corrected chi connectivity index (χ1v) is 12.3. The third-order valence-electron chi connectivity index (χ3n) is 5.78. The highest BCUT2D eigenvalue weighted by Gasteiger charge is 2.23. The van der Waals surface area contributed by atoms with E-state index in [1.807, 2.05) is 37.8 Å². The van der Waals surface area contributed by atoms with Crippen LogP contribution in [0.1, 0.15) is 48.7 Å². The van der Waals surface area contributed by atoms with E-state index < -0.39 is 0 Å². The van der Waals surface area contributed by atoms with E-state index in [4.69, 9.17) is 0 Å². The molecule has 8 heteroatoms. The van der Waals surface area contributed by atoms with E-state index in [0.717, 1.165) is 61.1 Å². The standard InChI is InChI=1S/C19H25N5O.C9H14N2/c1-5-23(6-2)14-24-12-11-22-19(21-4)18(24)17(20-3)16-9-7-15(13-25)8-10-16;1-3-4-8-5-6-11-9(7-8)10-2/h7-13H,3,5-6,14H2,1-2,4H3,(H,21,22);5-7H,3-4H2,1-2H3,(H,10,11)/b18-17-;. The fraction of sp³-hybridized carbons (Fsp3) is 0.357. The quantitative estimate of drug-likeness (QED) is 0.373. The van der Waals surface area contributed by atoms with Gasteiger partial charge in [0.25, 0.3) is 0 Å². The number of carbonyl (C=O) groups excluding carboxylic acids is 1. The first-order valence-electron chi connectivity index (χ1n) is 12.3. The highest BCUT2D eigenvalue weighted by Crippen LogP contribution is 2.25. The molecule has 0 aliphatic carbocycles. The molecule has 0 amide bonds. The minimum Gasteiger partial charge on any atom is -0.373 e. The van der Waals surface area contributed by atoms with Gasteiger partial charge >= 0.3 is 0 Å². The Morgan fingerprint density at radius 2 is 1.92 bits per heavy atom. The van der Waals surface area contributed by atoms with Crippen molar-refractivity contribution in [3.05, 3.63) is 77.4 Å². The summed E-state index contributed by atoms with van der Waals surface area (Å²) in [7, 11) is 3.63. The molecule has 3 rings (SSSR count). The van der Waals surface area contributed by atoms with Gasteiger partial charge < -0.3 is 15.5 Å². The van der Waals surface area contributed by atoms with Gasteiger partial charge in [0.15, 0.2) is 5.84 Å². The second-order valence-electron chi connectivity index (χ2n) is 8.09. The third kappa shape index (κ3) is 7.88. The molecule has 2 aromatic rings. The SMILES string of the molecule is C=N/C(=C1/C(=NC)NC=CN1CN(CC)CC)c1ccc(C=O)cc1.CCCc1ccnc(NC)c1. The Morgan fingerprint density at radius 1 is 1.19 bits per heavy atom. The Labute approximate surface area is 215 Å². The van der Waals surface area contributed by atoms with E-state index in [9.17, 15) is 4.79 Å². The largest absolute Gasteiger partial charge is 0.373 e. The summed E-state index contributed by atoms with van der Waals surface area (Å²) in [5, 5.41) is 6.19. The molecule has 0 bridgehead atoms. The first-order chi connectivity index (χ1) is 17.5. The highest BCUT2D eigenvalue weighted by atomic mass is 16.1. The minimum absolute atomic E-state index is 0.628. The first kappa shape index (κ1) is 28.5. The van der Waals surface area contributed by atoms with Crippen LogP contribution >= 0.6 is 0 Å². The summed E-state index contributed by atoms with van der Waals surface area (Å²) in [5.74, 6) is 1.69. The zero-order chi connectivity index (χ0) is 26.3. The highest BCUT2D eigenvalue weighted by molar-refractivity contribution is 6.05. The van der Waals surface area contributed by atoms with Gasteiger partial charge in [-0.05, 0) is 43.9 Å². The summed E-state index contributed by atoms with van der Waals surface area (Å²) in [5.41, 5.74) is 4.46. The minimum atomic E-state index is 0.628. The second-order valence-corrected chi connectivity index (χ2v) is 8.09. The van der Waals surface area contributed by atoms with E-state index >= 15 is 0 Å². The van der Waals surface area contributed by atoms with Crippen molar-refractivity contribution in [1.82, 2.24) is 20.1 Å². The molecule has 0 atom stereocenters. The van der Waals surface area contributed by atoms with E-state index in [-0.39, 0.29) is 0 Å². The van der Waals surface area contributed by atoms with Gasteiger partial charge in [-0.15, -0.1) is 0 Å². The number of nitrogens with one attached hydrogen (secondary N) is 2. The molecule has 0 saturated heterocycles. The number of pyridine rings is 1. The van der Waals surface area contributed by atoms with Crippen LogP contribution in [-0.4, -0.2) is 67.5 Å². The number of hydrogen-bond acceptors (Lipinski definition) is 7. The molecule has 36 heavy (non-hydrogen) atoms. The molecule has 2 N–H and O–H groups in total. The number of hydrogen-bond donors (Lipinski definition) is 2. The lowest BCUT2D eigenvalue weighted by molar-refractivity contribution is 0.112. The average molecular weight is 490 g/mol. The summed E-state index contributed by atoms with van der Waals surface area (Å²) < 4.78 is 0. The normalized spacial score (nSPS) is 15.2. The lowest BCUT2D eigenvalue weighted by atomic mass is 10.1. The van der Waals surface area contributed by atoms with Crippen molar-refractivity contribution in [2.24, 2.45) is 9.98 Å². The molecule has 8 nitrogen and oxygen atoms in total. The van der Waals surface area contributed by atoms with Gasteiger partial charge in [0.2, 0.25) is 0 Å². The summed E-state index contributed by atoms with van der Waals surface area (Å²) in [6.07, 6.45) is 8.84. The van der Waals surface area contributed by atoms with Crippen molar-refractivity contribution in [1.29, 1.82) is 0 Å². The average Bonchev–Trinajstić information content (AvgIpc) is 2.93. The monoisotopic (exact) mass is 489 g/mol. The Morgan fingerprint density at radius 3 is 2.47 bits per heavy atom. The van der Waals surface area contributed by atoms with E-state index in [2.05, 4.69) is 75.0 Å². The van der Waals surface area contributed by atoms with E-state index in [1.165, 1.54) is 12.0 Å². The summed E-state index contributed by atoms with van der Waals surface area (Å²) in [6.45, 7) is 12.8. The van der Waals surface area contributed by atoms with Crippen LogP contribution in [-0.2, 0) is 6.42 Å². The van der Waals surface area contributed by atoms with Crippen molar-refractivity contribution in [2.45, 2.75) is 33.6 Å². The predicted molar refractivity (Wildman–Crippen MR) is 151 cm³/mol. The topological polar surface area (TPSA) is 85.2 Å². The maximum Gasteiger partial charge on any atom is 0.151 e. The Hall–Kier alpha value is -3.78. The van der Waals surface area contributed by atoms with Crippen LogP contribution in [0.4, 0.5) is 5.82 Å². The van der Waals surface area contributed by atoms with Crippen molar-refractivity contribution in [3.63, 3.8) is 0 Å². The van der Waals surface area contributed by atoms with Gasteiger partial charge in [-0.3, -0.25) is 19.7 Å². The number of aliphatic imine (C=N–C) groups is 2. The number of rotatable bonds is 10. The Kier molecular flexibility index (Phi) is 12.1. The lowest BCUT2D eigenvalue weighted by Crippen LogP contribution is -2.41. The van der Waals surface area contributed by atoms with Crippen LogP contribution in [0.3, 0.4) is 0 Å². The number of benzene rings is 1. The molecule has 1 aromatic carbocycles. The molecule has 1 aliphatic heterocycles. The summed E-state index contributed by atoms with van der Waals surface area (Å²) in [4.78, 5) is 28.1. The van der Waals surface area contributed by atoms with Crippen LogP contribution < -0.4 is 10.6 Å². The molecule has 0 fully saturated rings. The molecule has 0 unspecified atom stereocenters. The van der Waals surface area contributed by atoms with Crippen LogP contribution in [0.5, 0.6) is 0 Å². The molecular weight excluding hydrogens is 450 g/mol. The van der Waals surface area contributed by atoms with Crippen molar-refractivity contribution in [2.75, 3.05) is 39.2 Å². The molecule has 0 spiro atoms. The van der Waals surface area contributed by atoms with Gasteiger partial charge in [-0.25, -0.2) is 4.98 Å². The zero-order valence-electron chi connectivity index (χ0n) is 22.2. The van der Waals surface area contributed by atoms with E-state index in [0.29, 0.717) is 5.56 Å². The lowest BCUT2D eigenvalue weighted by Gasteiger charge is -2.33. The van der Waals surface area contributed by atoms with E-state index in [1.54, 1.807) is 19.2 Å². The van der Waals surface area contributed by atoms with Crippen LogP contribution in [0, 0.1) is 0 Å². The van der Waals surface area contributed by atoms with Gasteiger partial charge in [-0.2, -0.15) is 0 Å². The van der Waals surface area contributed by atoms with Gasteiger partial charge in [0.05, 0.1) is 12.4 Å². The Bertz CT molecular complexity index is 1070. The maximum absolute atomic E-state index is 10.9. The summed E-state index contributed by atoms with van der Waals surface area (Å²) >= 11 is 0. The number of aldehydes is 1. The maximum atomic E-state index is 10.9. The van der Waals surface area contributed by atoms with Gasteiger partial charge in [-0.1, -0.05) is 51.5 Å². The Balaban J connectivity index is 0.000000346. The molecular formula is C28H39N7O. The second kappa shape index (κ2) is 15.3. The van der Waals surface area contributed by atoms with Crippen LogP contribution in [0.25, 0.3) is 5.70 Å². The van der Waals surface area contributed by atoms with Crippen molar-refractivity contribution < 1.29 is 4.79 Å². The van der Waals surface area contributed by atoms with Crippen LogP contribution in [0.15, 0.2) is 70.7 Å². The van der Waals surface area contributed by atoms with Gasteiger partial charge in [0.1, 0.15) is 17.8 Å². The molecule has 2 heterocycles. The fourth-order valence-electron chi connectivity index (χ4n) is 3.74. The molecule has 0 saturated carbocycles. The predicted octanol–water partition coefficient (Wildman–Crippen LogP) is 4.65.